The summed E-state index contributed by atoms with van der Waals surface area (Å²) in [6, 6.07) is 7.08. The van der Waals surface area contributed by atoms with Crippen LogP contribution in [0.3, 0.4) is 0 Å². The normalized spacial score (nSPS) is 21.7. The van der Waals surface area contributed by atoms with Crippen molar-refractivity contribution in [3.63, 3.8) is 0 Å². The third kappa shape index (κ3) is 2.25. The highest BCUT2D eigenvalue weighted by molar-refractivity contribution is 8.00. The van der Waals surface area contributed by atoms with Gasteiger partial charge in [-0.3, -0.25) is 0 Å². The van der Waals surface area contributed by atoms with Crippen molar-refractivity contribution >= 4 is 11.8 Å². The number of fused-ring (bicyclic) bond motifs is 1. The van der Waals surface area contributed by atoms with E-state index in [1.807, 2.05) is 11.8 Å². The Hall–Kier alpha value is -0.470. The number of thioether (sulfide) groups is 1. The average molecular weight is 247 g/mol. The maximum Gasteiger partial charge on any atom is 0.0329 e. The zero-order valence-electron chi connectivity index (χ0n) is 10.4. The van der Waals surface area contributed by atoms with Crippen LogP contribution in [0.4, 0.5) is 0 Å². The first kappa shape index (κ1) is 11.6. The van der Waals surface area contributed by atoms with E-state index < -0.39 is 0 Å². The number of aryl methyl sites for hydroxylation is 2. The fourth-order valence-corrected chi connectivity index (χ4v) is 4.36. The lowest BCUT2D eigenvalue weighted by Gasteiger charge is -2.40. The second-order valence-corrected chi connectivity index (χ2v) is 7.02. The molecule has 0 aliphatic heterocycles. The first-order valence-electron chi connectivity index (χ1n) is 6.82. The smallest absolute Gasteiger partial charge is 0.0329 e. The van der Waals surface area contributed by atoms with E-state index in [1.165, 1.54) is 49.8 Å². The Kier molecular flexibility index (Phi) is 3.18. The van der Waals surface area contributed by atoms with Gasteiger partial charge in [-0.15, -0.1) is 11.8 Å². The minimum absolute atomic E-state index is 0.364. The van der Waals surface area contributed by atoms with Gasteiger partial charge in [0.05, 0.1) is 0 Å². The van der Waals surface area contributed by atoms with Crippen molar-refractivity contribution in [3.05, 3.63) is 29.3 Å². The Morgan fingerprint density at radius 1 is 1.06 bits per heavy atom. The van der Waals surface area contributed by atoms with Gasteiger partial charge in [0.2, 0.25) is 0 Å². The molecule has 2 aliphatic carbocycles. The SMILES string of the molecule is NCC1(Sc2ccc3c(c2)CCCC3)CCC1. The predicted octanol–water partition coefficient (Wildman–Crippen LogP) is 3.54. The van der Waals surface area contributed by atoms with E-state index in [4.69, 9.17) is 5.73 Å². The van der Waals surface area contributed by atoms with Crippen molar-refractivity contribution in [2.45, 2.75) is 54.6 Å². The van der Waals surface area contributed by atoms with E-state index in [9.17, 15) is 0 Å². The summed E-state index contributed by atoms with van der Waals surface area (Å²) in [5.74, 6) is 0. The molecular weight excluding hydrogens is 226 g/mol. The van der Waals surface area contributed by atoms with Crippen molar-refractivity contribution < 1.29 is 0 Å². The Labute approximate surface area is 108 Å². The molecule has 17 heavy (non-hydrogen) atoms. The molecule has 0 unspecified atom stereocenters. The number of rotatable bonds is 3. The zero-order valence-corrected chi connectivity index (χ0v) is 11.2. The minimum Gasteiger partial charge on any atom is -0.329 e. The molecule has 0 amide bonds. The molecular formula is C15H21NS. The van der Waals surface area contributed by atoms with Crippen LogP contribution in [-0.2, 0) is 12.8 Å². The first-order valence-corrected chi connectivity index (χ1v) is 7.64. The van der Waals surface area contributed by atoms with E-state index >= 15 is 0 Å². The second-order valence-electron chi connectivity index (χ2n) is 5.48. The molecule has 2 heteroatoms. The first-order chi connectivity index (χ1) is 8.31. The average Bonchev–Trinajstić information content (AvgIpc) is 2.34. The molecule has 0 radical (unpaired) electrons. The van der Waals surface area contributed by atoms with Gasteiger partial charge in [0.1, 0.15) is 0 Å². The number of hydrogen-bond acceptors (Lipinski definition) is 2. The molecule has 1 nitrogen and oxygen atoms in total. The van der Waals surface area contributed by atoms with E-state index in [-0.39, 0.29) is 0 Å². The second kappa shape index (κ2) is 4.66. The third-order valence-corrected chi connectivity index (χ3v) is 5.79. The highest BCUT2D eigenvalue weighted by Crippen LogP contribution is 2.47. The maximum atomic E-state index is 5.93. The third-order valence-electron chi connectivity index (χ3n) is 4.29. The molecule has 2 N–H and O–H groups in total. The Morgan fingerprint density at radius 3 is 2.47 bits per heavy atom. The highest BCUT2D eigenvalue weighted by atomic mass is 32.2. The van der Waals surface area contributed by atoms with Crippen LogP contribution >= 0.6 is 11.8 Å². The number of benzene rings is 1. The summed E-state index contributed by atoms with van der Waals surface area (Å²) < 4.78 is 0.364. The minimum atomic E-state index is 0.364. The van der Waals surface area contributed by atoms with Crippen LogP contribution in [0.2, 0.25) is 0 Å². The molecule has 0 heterocycles. The lowest BCUT2D eigenvalue weighted by atomic mass is 9.84. The van der Waals surface area contributed by atoms with Crippen molar-refractivity contribution in [2.24, 2.45) is 5.73 Å². The molecule has 92 valence electrons. The Morgan fingerprint density at radius 2 is 1.82 bits per heavy atom. The standard InChI is InChI=1S/C15H21NS/c16-11-15(8-3-9-15)17-14-7-6-12-4-1-2-5-13(12)10-14/h6-7,10H,1-5,8-9,11,16H2. The molecule has 3 rings (SSSR count). The molecule has 0 saturated heterocycles. The summed E-state index contributed by atoms with van der Waals surface area (Å²) in [5, 5.41) is 0. The van der Waals surface area contributed by atoms with Crippen LogP contribution in [0.25, 0.3) is 0 Å². The zero-order chi connectivity index (χ0) is 11.7. The van der Waals surface area contributed by atoms with E-state index in [0.717, 1.165) is 6.54 Å². The molecule has 1 aromatic carbocycles. The summed E-state index contributed by atoms with van der Waals surface area (Å²) in [7, 11) is 0. The Bertz CT molecular complexity index is 404. The molecule has 1 saturated carbocycles. The van der Waals surface area contributed by atoms with Gasteiger partial charge in [-0.2, -0.15) is 0 Å². The molecule has 0 spiro atoms. The van der Waals surface area contributed by atoms with Gasteiger partial charge in [-0.1, -0.05) is 12.5 Å². The van der Waals surface area contributed by atoms with Crippen LogP contribution in [0.5, 0.6) is 0 Å². The summed E-state index contributed by atoms with van der Waals surface area (Å²) >= 11 is 2.03. The van der Waals surface area contributed by atoms with Crippen LogP contribution in [0.15, 0.2) is 23.1 Å². The Balaban J connectivity index is 1.79. The fourth-order valence-electron chi connectivity index (χ4n) is 2.94. The van der Waals surface area contributed by atoms with Crippen LogP contribution in [0.1, 0.15) is 43.2 Å². The number of hydrogen-bond donors (Lipinski definition) is 1. The van der Waals surface area contributed by atoms with Gasteiger partial charge < -0.3 is 5.73 Å². The van der Waals surface area contributed by atoms with Crippen molar-refractivity contribution in [2.75, 3.05) is 6.54 Å². The summed E-state index contributed by atoms with van der Waals surface area (Å²) in [6.07, 6.45) is 9.24. The summed E-state index contributed by atoms with van der Waals surface area (Å²) in [6.45, 7) is 0.828. The van der Waals surface area contributed by atoms with Gasteiger partial charge in [0, 0.05) is 16.2 Å². The molecule has 1 aromatic rings. The van der Waals surface area contributed by atoms with Crippen LogP contribution < -0.4 is 5.73 Å². The maximum absolute atomic E-state index is 5.93. The largest absolute Gasteiger partial charge is 0.329 e. The molecule has 1 fully saturated rings. The monoisotopic (exact) mass is 247 g/mol. The van der Waals surface area contributed by atoms with Gasteiger partial charge in [0.25, 0.3) is 0 Å². The van der Waals surface area contributed by atoms with Crippen molar-refractivity contribution in [1.29, 1.82) is 0 Å². The van der Waals surface area contributed by atoms with Crippen LogP contribution in [0, 0.1) is 0 Å². The van der Waals surface area contributed by atoms with Crippen LogP contribution in [-0.4, -0.2) is 11.3 Å². The van der Waals surface area contributed by atoms with Gasteiger partial charge in [-0.25, -0.2) is 0 Å². The molecule has 0 aromatic heterocycles. The van der Waals surface area contributed by atoms with E-state index in [2.05, 4.69) is 18.2 Å². The quantitative estimate of drug-likeness (QED) is 0.884. The summed E-state index contributed by atoms with van der Waals surface area (Å²) in [5.41, 5.74) is 9.10. The van der Waals surface area contributed by atoms with Gasteiger partial charge in [-0.05, 0) is 61.8 Å². The lowest BCUT2D eigenvalue weighted by Crippen LogP contribution is -2.40. The van der Waals surface area contributed by atoms with Gasteiger partial charge >= 0.3 is 0 Å². The van der Waals surface area contributed by atoms with Gasteiger partial charge in [0.15, 0.2) is 0 Å². The van der Waals surface area contributed by atoms with Crippen molar-refractivity contribution in [3.8, 4) is 0 Å². The van der Waals surface area contributed by atoms with E-state index in [0.29, 0.717) is 4.75 Å². The molecule has 0 bridgehead atoms. The molecule has 0 atom stereocenters. The highest BCUT2D eigenvalue weighted by Gasteiger charge is 2.36. The topological polar surface area (TPSA) is 26.0 Å². The number of nitrogens with two attached hydrogens (primary N) is 1. The molecule has 2 aliphatic rings. The summed E-state index contributed by atoms with van der Waals surface area (Å²) in [4.78, 5) is 1.44. The lowest BCUT2D eigenvalue weighted by molar-refractivity contribution is 0.371. The fraction of sp³-hybridized carbons (Fsp3) is 0.600. The van der Waals surface area contributed by atoms with E-state index in [1.54, 1.807) is 11.1 Å². The van der Waals surface area contributed by atoms with Crippen molar-refractivity contribution in [1.82, 2.24) is 0 Å². The predicted molar refractivity (Wildman–Crippen MR) is 74.6 cm³/mol.